The zero-order chi connectivity index (χ0) is 15.6. The normalized spacial score (nSPS) is 11.2. The Balaban J connectivity index is 2.16. The minimum Gasteiger partial charge on any atom is -0.508 e. The molecule has 110 valence electrons. The predicted octanol–water partition coefficient (Wildman–Crippen LogP) is 4.32. The molecule has 0 spiro atoms. The number of benzene rings is 2. The second-order valence-electron chi connectivity index (χ2n) is 4.23. The Bertz CT molecular complexity index is 649. The number of anilines is 1. The number of aromatic hydroxyl groups is 1. The van der Waals surface area contributed by atoms with Gasteiger partial charge in [0, 0.05) is 16.3 Å². The number of carbonyl (C=O) groups excluding carboxylic acids is 1. The van der Waals surface area contributed by atoms with Crippen LogP contribution in [0, 0.1) is 0 Å². The minimum atomic E-state index is -4.43. The Morgan fingerprint density at radius 2 is 1.71 bits per heavy atom. The first-order valence-corrected chi connectivity index (χ1v) is 6.12. The second kappa shape index (κ2) is 5.65. The van der Waals surface area contributed by atoms with Crippen LogP contribution in [0.15, 0.2) is 42.5 Å². The molecule has 0 aliphatic heterocycles. The van der Waals surface area contributed by atoms with Crippen molar-refractivity contribution < 1.29 is 23.1 Å². The number of hydrogen-bond donors (Lipinski definition) is 2. The van der Waals surface area contributed by atoms with Crippen LogP contribution in [0.4, 0.5) is 18.9 Å². The lowest BCUT2D eigenvalue weighted by molar-refractivity contribution is -0.137. The molecule has 2 N–H and O–H groups in total. The van der Waals surface area contributed by atoms with Crippen molar-refractivity contribution >= 4 is 23.2 Å². The molecule has 0 heterocycles. The zero-order valence-corrected chi connectivity index (χ0v) is 11.2. The van der Waals surface area contributed by atoms with Crippen LogP contribution in [0.2, 0.25) is 5.02 Å². The number of phenols is 1. The molecule has 1 amide bonds. The number of rotatable bonds is 2. The average molecular weight is 316 g/mol. The Morgan fingerprint density at radius 3 is 2.24 bits per heavy atom. The number of nitrogens with one attached hydrogen (secondary N) is 1. The third kappa shape index (κ3) is 3.88. The molecule has 2 aromatic rings. The summed E-state index contributed by atoms with van der Waals surface area (Å²) in [6.07, 6.45) is -4.43. The standard InChI is InChI=1S/C14H9ClF3NO2/c15-10-5-8(6-12(20)7-10)13(21)19-11-3-1-9(2-4-11)14(16,17)18/h1-7,20H,(H,19,21). The van der Waals surface area contributed by atoms with E-state index in [1.807, 2.05) is 0 Å². The lowest BCUT2D eigenvalue weighted by atomic mass is 10.1. The third-order valence-electron chi connectivity index (χ3n) is 2.61. The molecular formula is C14H9ClF3NO2. The summed E-state index contributed by atoms with van der Waals surface area (Å²) in [6, 6.07) is 7.81. The summed E-state index contributed by atoms with van der Waals surface area (Å²) in [5, 5.41) is 11.9. The largest absolute Gasteiger partial charge is 0.508 e. The number of carbonyl (C=O) groups is 1. The van der Waals surface area contributed by atoms with E-state index in [2.05, 4.69) is 5.32 Å². The van der Waals surface area contributed by atoms with Crippen molar-refractivity contribution in [3.8, 4) is 5.75 Å². The van der Waals surface area contributed by atoms with Gasteiger partial charge in [0.05, 0.1) is 5.56 Å². The smallest absolute Gasteiger partial charge is 0.416 e. The molecule has 0 bridgehead atoms. The summed E-state index contributed by atoms with van der Waals surface area (Å²) in [7, 11) is 0. The highest BCUT2D eigenvalue weighted by atomic mass is 35.5. The van der Waals surface area contributed by atoms with Crippen LogP contribution in [0.3, 0.4) is 0 Å². The Kier molecular flexibility index (Phi) is 4.09. The van der Waals surface area contributed by atoms with Crippen molar-refractivity contribution in [3.05, 3.63) is 58.6 Å². The first-order valence-electron chi connectivity index (χ1n) is 5.74. The van der Waals surface area contributed by atoms with Gasteiger partial charge >= 0.3 is 6.18 Å². The fraction of sp³-hybridized carbons (Fsp3) is 0.0714. The van der Waals surface area contributed by atoms with Crippen LogP contribution in [0.25, 0.3) is 0 Å². The van der Waals surface area contributed by atoms with Crippen molar-refractivity contribution in [2.24, 2.45) is 0 Å². The summed E-state index contributed by atoms with van der Waals surface area (Å²) >= 11 is 5.70. The van der Waals surface area contributed by atoms with Crippen molar-refractivity contribution in [1.82, 2.24) is 0 Å². The summed E-state index contributed by atoms with van der Waals surface area (Å²) in [5.74, 6) is -0.771. The quantitative estimate of drug-likeness (QED) is 0.867. The van der Waals surface area contributed by atoms with E-state index in [4.69, 9.17) is 11.6 Å². The highest BCUT2D eigenvalue weighted by Gasteiger charge is 2.29. The highest BCUT2D eigenvalue weighted by molar-refractivity contribution is 6.31. The van der Waals surface area contributed by atoms with E-state index < -0.39 is 17.6 Å². The van der Waals surface area contributed by atoms with E-state index >= 15 is 0 Å². The lowest BCUT2D eigenvalue weighted by Crippen LogP contribution is -2.12. The Labute approximate surface area is 123 Å². The molecule has 0 radical (unpaired) electrons. The number of phenolic OH excluding ortho intramolecular Hbond substituents is 1. The van der Waals surface area contributed by atoms with E-state index in [1.54, 1.807) is 0 Å². The van der Waals surface area contributed by atoms with E-state index in [0.29, 0.717) is 0 Å². The monoisotopic (exact) mass is 315 g/mol. The number of halogens is 4. The third-order valence-corrected chi connectivity index (χ3v) is 2.83. The summed E-state index contributed by atoms with van der Waals surface area (Å²) in [5.41, 5.74) is -0.506. The van der Waals surface area contributed by atoms with Crippen molar-refractivity contribution in [1.29, 1.82) is 0 Å². The van der Waals surface area contributed by atoms with Gasteiger partial charge in [-0.1, -0.05) is 11.6 Å². The first-order chi connectivity index (χ1) is 9.75. The van der Waals surface area contributed by atoms with Gasteiger partial charge in [-0.3, -0.25) is 4.79 Å². The SMILES string of the molecule is O=C(Nc1ccc(C(F)(F)F)cc1)c1cc(O)cc(Cl)c1. The fourth-order valence-corrected chi connectivity index (χ4v) is 1.88. The Morgan fingerprint density at radius 1 is 1.10 bits per heavy atom. The van der Waals surface area contributed by atoms with Gasteiger partial charge < -0.3 is 10.4 Å². The predicted molar refractivity (Wildman–Crippen MR) is 72.5 cm³/mol. The maximum absolute atomic E-state index is 12.4. The molecule has 0 fully saturated rings. The lowest BCUT2D eigenvalue weighted by Gasteiger charge is -2.09. The number of amides is 1. The van der Waals surface area contributed by atoms with Crippen molar-refractivity contribution in [2.45, 2.75) is 6.18 Å². The van der Waals surface area contributed by atoms with Crippen molar-refractivity contribution in [2.75, 3.05) is 5.32 Å². The Hall–Kier alpha value is -2.21. The second-order valence-corrected chi connectivity index (χ2v) is 4.66. The number of hydrogen-bond acceptors (Lipinski definition) is 2. The van der Waals surface area contributed by atoms with Crippen LogP contribution < -0.4 is 5.32 Å². The molecule has 3 nitrogen and oxygen atoms in total. The molecule has 2 aromatic carbocycles. The molecule has 21 heavy (non-hydrogen) atoms. The average Bonchev–Trinajstić information content (AvgIpc) is 2.37. The van der Waals surface area contributed by atoms with Gasteiger partial charge in [-0.15, -0.1) is 0 Å². The van der Waals surface area contributed by atoms with E-state index in [-0.39, 0.29) is 22.0 Å². The molecular weight excluding hydrogens is 307 g/mol. The summed E-state index contributed by atoms with van der Waals surface area (Å²) < 4.78 is 37.2. The maximum atomic E-state index is 12.4. The van der Waals surface area contributed by atoms with Crippen LogP contribution in [-0.4, -0.2) is 11.0 Å². The van der Waals surface area contributed by atoms with E-state index in [0.717, 1.165) is 24.3 Å². The van der Waals surface area contributed by atoms with Crippen LogP contribution in [-0.2, 0) is 6.18 Å². The van der Waals surface area contributed by atoms with Crippen LogP contribution in [0.5, 0.6) is 5.75 Å². The van der Waals surface area contributed by atoms with Gasteiger partial charge in [-0.05, 0) is 42.5 Å². The molecule has 2 rings (SSSR count). The summed E-state index contributed by atoms with van der Waals surface area (Å²) in [6.45, 7) is 0. The molecule has 0 aliphatic rings. The van der Waals surface area contributed by atoms with Gasteiger partial charge in [-0.25, -0.2) is 0 Å². The highest BCUT2D eigenvalue weighted by Crippen LogP contribution is 2.30. The number of alkyl halides is 3. The van der Waals surface area contributed by atoms with Gasteiger partial charge in [0.1, 0.15) is 5.75 Å². The topological polar surface area (TPSA) is 49.3 Å². The zero-order valence-electron chi connectivity index (χ0n) is 10.4. The van der Waals surface area contributed by atoms with E-state index in [1.165, 1.54) is 18.2 Å². The van der Waals surface area contributed by atoms with Gasteiger partial charge in [0.2, 0.25) is 0 Å². The molecule has 0 aliphatic carbocycles. The first kappa shape index (κ1) is 15.2. The van der Waals surface area contributed by atoms with Gasteiger partial charge in [-0.2, -0.15) is 13.2 Å². The minimum absolute atomic E-state index is 0.0971. The van der Waals surface area contributed by atoms with Crippen molar-refractivity contribution in [3.63, 3.8) is 0 Å². The van der Waals surface area contributed by atoms with Gasteiger partial charge in [0.25, 0.3) is 5.91 Å². The molecule has 0 atom stereocenters. The van der Waals surface area contributed by atoms with Crippen LogP contribution >= 0.6 is 11.6 Å². The fourth-order valence-electron chi connectivity index (χ4n) is 1.65. The molecule has 0 aromatic heterocycles. The van der Waals surface area contributed by atoms with Gasteiger partial charge in [0.15, 0.2) is 0 Å². The van der Waals surface area contributed by atoms with E-state index in [9.17, 15) is 23.1 Å². The molecule has 0 unspecified atom stereocenters. The molecule has 0 saturated heterocycles. The van der Waals surface area contributed by atoms with Crippen LogP contribution in [0.1, 0.15) is 15.9 Å². The molecule has 7 heteroatoms. The summed E-state index contributed by atoms with van der Waals surface area (Å²) in [4.78, 5) is 11.9. The molecule has 0 saturated carbocycles. The maximum Gasteiger partial charge on any atom is 0.416 e.